The highest BCUT2D eigenvalue weighted by Gasteiger charge is 2.18. The van der Waals surface area contributed by atoms with Crippen LogP contribution in [0.2, 0.25) is 5.02 Å². The molecule has 1 aromatic rings. The first-order valence-electron chi connectivity index (χ1n) is 7.35. The number of nitrogens with one attached hydrogen (secondary N) is 1. The fourth-order valence-corrected chi connectivity index (χ4v) is 2.74. The van der Waals surface area contributed by atoms with E-state index in [0.29, 0.717) is 16.7 Å². The zero-order valence-corrected chi connectivity index (χ0v) is 12.7. The smallest absolute Gasteiger partial charge is 0.260 e. The van der Waals surface area contributed by atoms with Crippen LogP contribution in [-0.4, -0.2) is 18.6 Å². The van der Waals surface area contributed by atoms with Crippen LogP contribution >= 0.6 is 11.6 Å². The summed E-state index contributed by atoms with van der Waals surface area (Å²) in [6, 6.07) is 7.20. The van der Waals surface area contributed by atoms with Crippen LogP contribution in [0.15, 0.2) is 24.3 Å². The zero-order valence-electron chi connectivity index (χ0n) is 11.9. The highest BCUT2D eigenvalue weighted by atomic mass is 35.5. The molecule has 0 aliphatic heterocycles. The molecule has 20 heavy (non-hydrogen) atoms. The van der Waals surface area contributed by atoms with Gasteiger partial charge in [0.05, 0.1) is 5.02 Å². The van der Waals surface area contributed by atoms with Crippen LogP contribution in [0.3, 0.4) is 0 Å². The van der Waals surface area contributed by atoms with Crippen molar-refractivity contribution in [3.8, 4) is 5.75 Å². The van der Waals surface area contributed by atoms with Crippen molar-refractivity contribution in [3.05, 3.63) is 29.3 Å². The summed E-state index contributed by atoms with van der Waals surface area (Å²) in [6.45, 7) is 2.51. The molecule has 1 fully saturated rings. The molecule has 1 aliphatic carbocycles. The first-order valence-corrected chi connectivity index (χ1v) is 7.73. The van der Waals surface area contributed by atoms with Crippen LogP contribution in [0, 0.1) is 5.92 Å². The van der Waals surface area contributed by atoms with Gasteiger partial charge in [-0.2, -0.15) is 0 Å². The minimum absolute atomic E-state index is 0.0736. The maximum absolute atomic E-state index is 12.0. The van der Waals surface area contributed by atoms with Crippen LogP contribution in [0.25, 0.3) is 0 Å². The van der Waals surface area contributed by atoms with E-state index in [1.54, 1.807) is 19.1 Å². The van der Waals surface area contributed by atoms with E-state index in [4.69, 9.17) is 16.3 Å². The third kappa shape index (κ3) is 4.41. The van der Waals surface area contributed by atoms with Gasteiger partial charge in [0, 0.05) is 6.54 Å². The van der Waals surface area contributed by atoms with Crippen molar-refractivity contribution < 1.29 is 9.53 Å². The standard InChI is InChI=1S/C16H22ClNO2/c1-12(20-15-10-6-5-9-14(15)17)16(19)18-11-13-7-3-2-4-8-13/h5-6,9-10,12-13H,2-4,7-8,11H2,1H3,(H,18,19). The predicted octanol–water partition coefficient (Wildman–Crippen LogP) is 3.80. The normalized spacial score (nSPS) is 17.5. The van der Waals surface area contributed by atoms with Crippen molar-refractivity contribution in [1.82, 2.24) is 5.32 Å². The van der Waals surface area contributed by atoms with Gasteiger partial charge >= 0.3 is 0 Å². The molecule has 0 bridgehead atoms. The fourth-order valence-electron chi connectivity index (χ4n) is 2.56. The molecule has 0 radical (unpaired) electrons. The number of benzene rings is 1. The highest BCUT2D eigenvalue weighted by molar-refractivity contribution is 6.32. The van der Waals surface area contributed by atoms with E-state index < -0.39 is 6.10 Å². The van der Waals surface area contributed by atoms with E-state index in [2.05, 4.69) is 5.32 Å². The van der Waals surface area contributed by atoms with Gasteiger partial charge in [0.1, 0.15) is 5.75 Å². The molecule has 1 unspecified atom stereocenters. The van der Waals surface area contributed by atoms with Crippen molar-refractivity contribution in [2.45, 2.75) is 45.1 Å². The van der Waals surface area contributed by atoms with Crippen LogP contribution in [0.5, 0.6) is 5.75 Å². The molecule has 3 nitrogen and oxygen atoms in total. The van der Waals surface area contributed by atoms with Gasteiger partial charge < -0.3 is 10.1 Å². The molecule has 0 aromatic heterocycles. The Morgan fingerprint density at radius 1 is 1.35 bits per heavy atom. The van der Waals surface area contributed by atoms with E-state index in [-0.39, 0.29) is 5.91 Å². The second-order valence-electron chi connectivity index (χ2n) is 5.44. The number of para-hydroxylation sites is 1. The summed E-state index contributed by atoms with van der Waals surface area (Å²) in [4.78, 5) is 12.0. The lowest BCUT2D eigenvalue weighted by molar-refractivity contribution is -0.127. The fraction of sp³-hybridized carbons (Fsp3) is 0.562. The second kappa shape index (κ2) is 7.53. The summed E-state index contributed by atoms with van der Waals surface area (Å²) < 4.78 is 5.60. The van der Waals surface area contributed by atoms with Crippen molar-refractivity contribution in [1.29, 1.82) is 0 Å². The molecule has 1 atom stereocenters. The number of amides is 1. The first-order chi connectivity index (χ1) is 9.66. The molecule has 1 aliphatic rings. The molecule has 1 aromatic carbocycles. The molecular weight excluding hydrogens is 274 g/mol. The second-order valence-corrected chi connectivity index (χ2v) is 5.85. The topological polar surface area (TPSA) is 38.3 Å². The van der Waals surface area contributed by atoms with Gasteiger partial charge in [-0.25, -0.2) is 0 Å². The first kappa shape index (κ1) is 15.2. The molecule has 4 heteroatoms. The van der Waals surface area contributed by atoms with E-state index in [1.807, 2.05) is 12.1 Å². The molecule has 2 rings (SSSR count). The maximum Gasteiger partial charge on any atom is 0.260 e. The number of ether oxygens (including phenoxy) is 1. The number of carbonyl (C=O) groups excluding carboxylic acids is 1. The van der Waals surface area contributed by atoms with E-state index in [1.165, 1.54) is 32.1 Å². The summed E-state index contributed by atoms with van der Waals surface area (Å²) in [7, 11) is 0. The Morgan fingerprint density at radius 2 is 2.05 bits per heavy atom. The third-order valence-electron chi connectivity index (χ3n) is 3.80. The minimum atomic E-state index is -0.529. The van der Waals surface area contributed by atoms with E-state index in [9.17, 15) is 4.79 Å². The van der Waals surface area contributed by atoms with Crippen LogP contribution < -0.4 is 10.1 Å². The number of hydrogen-bond donors (Lipinski definition) is 1. The van der Waals surface area contributed by atoms with Crippen molar-refractivity contribution >= 4 is 17.5 Å². The molecule has 1 saturated carbocycles. The van der Waals surface area contributed by atoms with Crippen LogP contribution in [0.4, 0.5) is 0 Å². The number of halogens is 1. The zero-order chi connectivity index (χ0) is 14.4. The Bertz CT molecular complexity index is 444. The van der Waals surface area contributed by atoms with Gasteiger partial charge in [-0.3, -0.25) is 4.79 Å². The SMILES string of the molecule is CC(Oc1ccccc1Cl)C(=O)NCC1CCCCC1. The lowest BCUT2D eigenvalue weighted by atomic mass is 9.89. The molecule has 0 spiro atoms. The number of rotatable bonds is 5. The Kier molecular flexibility index (Phi) is 5.72. The monoisotopic (exact) mass is 295 g/mol. The largest absolute Gasteiger partial charge is 0.479 e. The lowest BCUT2D eigenvalue weighted by Crippen LogP contribution is -2.39. The number of carbonyl (C=O) groups is 1. The van der Waals surface area contributed by atoms with Gasteiger partial charge in [-0.1, -0.05) is 43.0 Å². The quantitative estimate of drug-likeness (QED) is 0.897. The average molecular weight is 296 g/mol. The molecule has 1 amide bonds. The highest BCUT2D eigenvalue weighted by Crippen LogP contribution is 2.25. The van der Waals surface area contributed by atoms with Gasteiger partial charge in [0.25, 0.3) is 5.91 Å². The third-order valence-corrected chi connectivity index (χ3v) is 4.11. The molecule has 0 heterocycles. The van der Waals surface area contributed by atoms with Crippen LogP contribution in [0.1, 0.15) is 39.0 Å². The summed E-state index contributed by atoms with van der Waals surface area (Å²) in [5.74, 6) is 1.10. The summed E-state index contributed by atoms with van der Waals surface area (Å²) in [6.07, 6.45) is 5.81. The van der Waals surface area contributed by atoms with Gasteiger partial charge in [-0.15, -0.1) is 0 Å². The Hall–Kier alpha value is -1.22. The van der Waals surface area contributed by atoms with Crippen molar-refractivity contribution in [2.24, 2.45) is 5.92 Å². The molecule has 110 valence electrons. The summed E-state index contributed by atoms with van der Waals surface area (Å²) >= 11 is 6.02. The Labute approximate surface area is 125 Å². The van der Waals surface area contributed by atoms with E-state index in [0.717, 1.165) is 6.54 Å². The van der Waals surface area contributed by atoms with Gasteiger partial charge in [0.15, 0.2) is 6.10 Å². The lowest BCUT2D eigenvalue weighted by Gasteiger charge is -2.23. The van der Waals surface area contributed by atoms with Gasteiger partial charge in [-0.05, 0) is 37.8 Å². The Balaban J connectivity index is 1.78. The maximum atomic E-state index is 12.0. The summed E-state index contributed by atoms with van der Waals surface area (Å²) in [5, 5.41) is 3.51. The molecule has 0 saturated heterocycles. The van der Waals surface area contributed by atoms with Crippen molar-refractivity contribution in [2.75, 3.05) is 6.54 Å². The molecule has 1 N–H and O–H groups in total. The summed E-state index contributed by atoms with van der Waals surface area (Å²) in [5.41, 5.74) is 0. The van der Waals surface area contributed by atoms with Gasteiger partial charge in [0.2, 0.25) is 0 Å². The van der Waals surface area contributed by atoms with Crippen LogP contribution in [-0.2, 0) is 4.79 Å². The minimum Gasteiger partial charge on any atom is -0.479 e. The van der Waals surface area contributed by atoms with Crippen molar-refractivity contribution in [3.63, 3.8) is 0 Å². The average Bonchev–Trinajstić information content (AvgIpc) is 2.48. The van der Waals surface area contributed by atoms with E-state index >= 15 is 0 Å². The number of hydrogen-bond acceptors (Lipinski definition) is 2. The molecular formula is C16H22ClNO2. The Morgan fingerprint density at radius 3 is 2.75 bits per heavy atom. The predicted molar refractivity (Wildman–Crippen MR) is 81.1 cm³/mol.